The third-order valence-corrected chi connectivity index (χ3v) is 5.17. The van der Waals surface area contributed by atoms with E-state index in [1.165, 1.54) is 14.2 Å². The summed E-state index contributed by atoms with van der Waals surface area (Å²) in [5, 5.41) is 6.40. The quantitative estimate of drug-likeness (QED) is 0.493. The third kappa shape index (κ3) is 5.69. The fraction of sp³-hybridized carbons (Fsp3) is 0.130. The monoisotopic (exact) mass is 458 g/mol. The van der Waals surface area contributed by atoms with Crippen molar-refractivity contribution in [2.24, 2.45) is 0 Å². The van der Waals surface area contributed by atoms with Gasteiger partial charge in [0, 0.05) is 17.7 Å². The van der Waals surface area contributed by atoms with Crippen LogP contribution >= 0.6 is 23.2 Å². The highest BCUT2D eigenvalue weighted by Gasteiger charge is 2.16. The van der Waals surface area contributed by atoms with E-state index in [1.54, 1.807) is 54.6 Å². The topological polar surface area (TPSA) is 76.7 Å². The molecule has 31 heavy (non-hydrogen) atoms. The highest BCUT2D eigenvalue weighted by molar-refractivity contribution is 6.42. The van der Waals surface area contributed by atoms with E-state index in [1.807, 2.05) is 6.07 Å². The molecule has 160 valence electrons. The molecule has 0 aliphatic carbocycles. The molecule has 0 aliphatic rings. The molecule has 2 amide bonds. The van der Waals surface area contributed by atoms with Crippen LogP contribution in [-0.4, -0.2) is 26.0 Å². The zero-order valence-electron chi connectivity index (χ0n) is 16.9. The maximum absolute atomic E-state index is 12.5. The average Bonchev–Trinajstić information content (AvgIpc) is 2.77. The minimum absolute atomic E-state index is 0.0921. The van der Waals surface area contributed by atoms with Crippen molar-refractivity contribution in [3.05, 3.63) is 81.8 Å². The minimum Gasteiger partial charge on any atom is -0.494 e. The summed E-state index contributed by atoms with van der Waals surface area (Å²) < 4.78 is 10.8. The van der Waals surface area contributed by atoms with Crippen molar-refractivity contribution in [3.8, 4) is 11.5 Å². The van der Waals surface area contributed by atoms with Crippen LogP contribution in [0.4, 0.5) is 11.4 Å². The summed E-state index contributed by atoms with van der Waals surface area (Å²) in [6, 6.07) is 17.0. The summed E-state index contributed by atoms with van der Waals surface area (Å²) in [4.78, 5) is 25.0. The Kier molecular flexibility index (Phi) is 7.39. The summed E-state index contributed by atoms with van der Waals surface area (Å²) >= 11 is 11.9. The molecule has 2 N–H and O–H groups in total. The zero-order chi connectivity index (χ0) is 22.4. The second kappa shape index (κ2) is 10.2. The molecule has 3 aromatic rings. The Morgan fingerprint density at radius 3 is 2.00 bits per heavy atom. The van der Waals surface area contributed by atoms with Gasteiger partial charge in [-0.2, -0.15) is 0 Å². The van der Waals surface area contributed by atoms with Crippen molar-refractivity contribution in [1.29, 1.82) is 0 Å². The molecule has 0 spiro atoms. The van der Waals surface area contributed by atoms with Crippen LogP contribution in [0.1, 0.15) is 15.9 Å². The summed E-state index contributed by atoms with van der Waals surface area (Å²) in [5.74, 6) is 0.165. The Labute approximate surface area is 190 Å². The van der Waals surface area contributed by atoms with E-state index in [0.717, 1.165) is 0 Å². The Balaban J connectivity index is 1.80. The summed E-state index contributed by atoms with van der Waals surface area (Å²) in [5.41, 5.74) is 2.03. The van der Waals surface area contributed by atoms with Crippen LogP contribution in [0.5, 0.6) is 11.5 Å². The predicted octanol–water partition coefficient (Wildman–Crippen LogP) is 5.44. The second-order valence-electron chi connectivity index (χ2n) is 6.55. The lowest BCUT2D eigenvalue weighted by molar-refractivity contribution is -0.115. The number of methoxy groups -OCH3 is 2. The van der Waals surface area contributed by atoms with Crippen molar-refractivity contribution >= 4 is 46.4 Å². The van der Waals surface area contributed by atoms with Gasteiger partial charge in [-0.05, 0) is 29.8 Å². The van der Waals surface area contributed by atoms with Crippen LogP contribution in [0.2, 0.25) is 10.0 Å². The number of carbonyl (C=O) groups excluding carboxylic acids is 2. The van der Waals surface area contributed by atoms with Gasteiger partial charge in [-0.25, -0.2) is 0 Å². The molecule has 0 fully saturated rings. The predicted molar refractivity (Wildman–Crippen MR) is 123 cm³/mol. The number of hydrogen-bond donors (Lipinski definition) is 2. The lowest BCUT2D eigenvalue weighted by Crippen LogP contribution is -2.16. The van der Waals surface area contributed by atoms with Gasteiger partial charge in [0.15, 0.2) is 0 Å². The van der Waals surface area contributed by atoms with Gasteiger partial charge in [0.25, 0.3) is 5.91 Å². The smallest absolute Gasteiger partial charge is 0.255 e. The van der Waals surface area contributed by atoms with E-state index in [2.05, 4.69) is 10.6 Å². The van der Waals surface area contributed by atoms with Crippen molar-refractivity contribution in [2.75, 3.05) is 24.9 Å². The second-order valence-corrected chi connectivity index (χ2v) is 7.36. The number of ether oxygens (including phenoxy) is 2. The number of halogens is 2. The van der Waals surface area contributed by atoms with Gasteiger partial charge >= 0.3 is 0 Å². The van der Waals surface area contributed by atoms with Crippen LogP contribution in [0.15, 0.2) is 60.7 Å². The Morgan fingerprint density at radius 2 is 1.42 bits per heavy atom. The average molecular weight is 459 g/mol. The van der Waals surface area contributed by atoms with Crippen LogP contribution in [0.25, 0.3) is 0 Å². The van der Waals surface area contributed by atoms with Gasteiger partial charge in [0.05, 0.1) is 42.1 Å². The standard InChI is InChI=1S/C23H20Cl2N2O4/c1-30-20-13-19(27-23(29)15-6-4-3-5-7-15)21(31-2)12-18(20)26-22(28)11-14-8-9-16(24)17(25)10-14/h3-10,12-13H,11H2,1-2H3,(H,26,28)(H,27,29). The Hall–Kier alpha value is -3.22. The lowest BCUT2D eigenvalue weighted by atomic mass is 10.1. The van der Waals surface area contributed by atoms with E-state index >= 15 is 0 Å². The highest BCUT2D eigenvalue weighted by atomic mass is 35.5. The molecule has 0 aromatic heterocycles. The SMILES string of the molecule is COc1cc(NC(=O)c2ccccc2)c(OC)cc1NC(=O)Cc1ccc(Cl)c(Cl)c1. The van der Waals surface area contributed by atoms with Gasteiger partial charge in [-0.1, -0.05) is 47.5 Å². The number of carbonyl (C=O) groups is 2. The van der Waals surface area contributed by atoms with Gasteiger partial charge < -0.3 is 20.1 Å². The zero-order valence-corrected chi connectivity index (χ0v) is 18.4. The van der Waals surface area contributed by atoms with Crippen molar-refractivity contribution in [3.63, 3.8) is 0 Å². The molecule has 0 unspecified atom stereocenters. The molecule has 0 saturated heterocycles. The summed E-state index contributed by atoms with van der Waals surface area (Å²) in [7, 11) is 2.94. The molecular weight excluding hydrogens is 439 g/mol. The van der Waals surface area contributed by atoms with E-state index < -0.39 is 0 Å². The van der Waals surface area contributed by atoms with E-state index in [0.29, 0.717) is 44.0 Å². The van der Waals surface area contributed by atoms with Crippen molar-refractivity contribution < 1.29 is 19.1 Å². The number of amides is 2. The minimum atomic E-state index is -0.294. The normalized spacial score (nSPS) is 10.3. The number of nitrogens with one attached hydrogen (secondary N) is 2. The first-order valence-corrected chi connectivity index (χ1v) is 10.0. The fourth-order valence-corrected chi connectivity index (χ4v) is 3.23. The summed E-state index contributed by atoms with van der Waals surface area (Å²) in [6.07, 6.45) is 0.0921. The maximum atomic E-state index is 12.5. The third-order valence-electron chi connectivity index (χ3n) is 4.43. The van der Waals surface area contributed by atoms with E-state index in [4.69, 9.17) is 32.7 Å². The van der Waals surface area contributed by atoms with Crippen LogP contribution < -0.4 is 20.1 Å². The van der Waals surface area contributed by atoms with Gasteiger partial charge in [0.1, 0.15) is 11.5 Å². The molecule has 0 aliphatic heterocycles. The number of anilines is 2. The molecule has 0 radical (unpaired) electrons. The Morgan fingerprint density at radius 1 is 0.806 bits per heavy atom. The Bertz CT molecular complexity index is 1100. The molecule has 8 heteroatoms. The first-order valence-electron chi connectivity index (χ1n) is 9.27. The molecule has 3 rings (SSSR count). The van der Waals surface area contributed by atoms with Crippen LogP contribution in [0, 0.1) is 0 Å². The number of rotatable bonds is 7. The first kappa shape index (κ1) is 22.5. The summed E-state index contributed by atoms with van der Waals surface area (Å²) in [6.45, 7) is 0. The molecule has 0 atom stereocenters. The number of hydrogen-bond acceptors (Lipinski definition) is 4. The molecule has 6 nitrogen and oxygen atoms in total. The molecule has 3 aromatic carbocycles. The van der Waals surface area contributed by atoms with Crippen molar-refractivity contribution in [1.82, 2.24) is 0 Å². The first-order chi connectivity index (χ1) is 14.9. The van der Waals surface area contributed by atoms with Crippen LogP contribution in [0.3, 0.4) is 0 Å². The van der Waals surface area contributed by atoms with Gasteiger partial charge in [0.2, 0.25) is 5.91 Å². The molecule has 0 saturated carbocycles. The maximum Gasteiger partial charge on any atom is 0.255 e. The molecule has 0 bridgehead atoms. The van der Waals surface area contributed by atoms with Gasteiger partial charge in [-0.15, -0.1) is 0 Å². The highest BCUT2D eigenvalue weighted by Crippen LogP contribution is 2.37. The lowest BCUT2D eigenvalue weighted by Gasteiger charge is -2.16. The fourth-order valence-electron chi connectivity index (χ4n) is 2.91. The van der Waals surface area contributed by atoms with Crippen molar-refractivity contribution in [2.45, 2.75) is 6.42 Å². The molecular formula is C23H20Cl2N2O4. The van der Waals surface area contributed by atoms with Gasteiger partial charge in [-0.3, -0.25) is 9.59 Å². The van der Waals surface area contributed by atoms with Crippen LogP contribution in [-0.2, 0) is 11.2 Å². The molecule has 0 heterocycles. The van der Waals surface area contributed by atoms with E-state index in [9.17, 15) is 9.59 Å². The number of benzene rings is 3. The van der Waals surface area contributed by atoms with E-state index in [-0.39, 0.29) is 18.2 Å². The largest absolute Gasteiger partial charge is 0.494 e.